The van der Waals surface area contributed by atoms with E-state index in [9.17, 15) is 9.90 Å². The SMILES string of the molecule is CC(=O)[C@H](CCC(C)c1ccc(C)cc1)C(C)c1ccc(O)cc1. The molecule has 2 rings (SSSR count). The number of phenols is 1. The van der Waals surface area contributed by atoms with E-state index in [0.717, 1.165) is 18.4 Å². The van der Waals surface area contributed by atoms with Gasteiger partial charge in [-0.25, -0.2) is 0 Å². The van der Waals surface area contributed by atoms with Crippen LogP contribution in [0.4, 0.5) is 0 Å². The molecule has 2 nitrogen and oxygen atoms in total. The van der Waals surface area contributed by atoms with Gasteiger partial charge in [-0.1, -0.05) is 55.8 Å². The summed E-state index contributed by atoms with van der Waals surface area (Å²) in [5.41, 5.74) is 3.71. The van der Waals surface area contributed by atoms with Crippen molar-refractivity contribution in [2.75, 3.05) is 0 Å². The lowest BCUT2D eigenvalue weighted by Crippen LogP contribution is -2.19. The number of phenolic OH excluding ortho intramolecular Hbond substituents is 1. The normalized spacial score (nSPS) is 14.8. The van der Waals surface area contributed by atoms with Crippen LogP contribution in [-0.2, 0) is 4.79 Å². The maximum absolute atomic E-state index is 12.2. The van der Waals surface area contributed by atoms with Crippen LogP contribution < -0.4 is 0 Å². The second-order valence-corrected chi connectivity index (χ2v) is 6.99. The second-order valence-electron chi connectivity index (χ2n) is 6.99. The van der Waals surface area contributed by atoms with Crippen molar-refractivity contribution >= 4 is 5.78 Å². The summed E-state index contributed by atoms with van der Waals surface area (Å²) in [5.74, 6) is 1.13. The Bertz CT molecular complexity index is 655. The first-order chi connectivity index (χ1) is 11.4. The number of aromatic hydroxyl groups is 1. The van der Waals surface area contributed by atoms with E-state index >= 15 is 0 Å². The molecular weight excluding hydrogens is 296 g/mol. The topological polar surface area (TPSA) is 37.3 Å². The summed E-state index contributed by atoms with van der Waals surface area (Å²) >= 11 is 0. The monoisotopic (exact) mass is 324 g/mol. The Morgan fingerprint density at radius 2 is 1.46 bits per heavy atom. The molecule has 2 unspecified atom stereocenters. The molecule has 0 amide bonds. The number of ketones is 1. The van der Waals surface area contributed by atoms with Gasteiger partial charge < -0.3 is 5.11 Å². The molecule has 0 aliphatic heterocycles. The smallest absolute Gasteiger partial charge is 0.133 e. The van der Waals surface area contributed by atoms with Crippen LogP contribution in [0.3, 0.4) is 0 Å². The Kier molecular flexibility index (Phi) is 6.19. The van der Waals surface area contributed by atoms with Gasteiger partial charge in [0.1, 0.15) is 11.5 Å². The largest absolute Gasteiger partial charge is 0.508 e. The summed E-state index contributed by atoms with van der Waals surface area (Å²) in [4.78, 5) is 12.2. The van der Waals surface area contributed by atoms with Crippen molar-refractivity contribution in [3.8, 4) is 5.75 Å². The molecule has 1 N–H and O–H groups in total. The summed E-state index contributed by atoms with van der Waals surface area (Å²) in [7, 11) is 0. The van der Waals surface area contributed by atoms with E-state index in [4.69, 9.17) is 0 Å². The predicted molar refractivity (Wildman–Crippen MR) is 99.5 cm³/mol. The van der Waals surface area contributed by atoms with Gasteiger partial charge in [0.25, 0.3) is 0 Å². The highest BCUT2D eigenvalue weighted by molar-refractivity contribution is 5.79. The molecule has 128 valence electrons. The summed E-state index contributed by atoms with van der Waals surface area (Å²) in [6.45, 7) is 8.12. The average molecular weight is 324 g/mol. The maximum Gasteiger partial charge on any atom is 0.133 e. The molecular formula is C22H28O2. The average Bonchev–Trinajstić information content (AvgIpc) is 2.55. The summed E-state index contributed by atoms with van der Waals surface area (Å²) < 4.78 is 0. The molecule has 3 atom stereocenters. The van der Waals surface area contributed by atoms with Crippen LogP contribution >= 0.6 is 0 Å². The number of rotatable bonds is 7. The van der Waals surface area contributed by atoms with E-state index in [2.05, 4.69) is 45.0 Å². The fourth-order valence-electron chi connectivity index (χ4n) is 3.31. The lowest BCUT2D eigenvalue weighted by Gasteiger charge is -2.24. The number of benzene rings is 2. The van der Waals surface area contributed by atoms with Crippen LogP contribution in [-0.4, -0.2) is 10.9 Å². The molecule has 0 saturated heterocycles. The van der Waals surface area contributed by atoms with Gasteiger partial charge in [-0.3, -0.25) is 4.79 Å². The molecule has 0 saturated carbocycles. The van der Waals surface area contributed by atoms with E-state index < -0.39 is 0 Å². The molecule has 0 fully saturated rings. The van der Waals surface area contributed by atoms with Gasteiger partial charge in [0.15, 0.2) is 0 Å². The quantitative estimate of drug-likeness (QED) is 0.720. The number of hydrogen-bond donors (Lipinski definition) is 1. The van der Waals surface area contributed by atoms with E-state index in [1.807, 2.05) is 12.1 Å². The first-order valence-corrected chi connectivity index (χ1v) is 8.74. The highest BCUT2D eigenvalue weighted by Crippen LogP contribution is 2.32. The first kappa shape index (κ1) is 18.3. The Hall–Kier alpha value is -2.09. The van der Waals surface area contributed by atoms with E-state index in [1.165, 1.54) is 11.1 Å². The second kappa shape index (κ2) is 8.14. The van der Waals surface area contributed by atoms with E-state index in [0.29, 0.717) is 5.92 Å². The fraction of sp³-hybridized carbons (Fsp3) is 0.409. The van der Waals surface area contributed by atoms with Crippen molar-refractivity contribution in [1.29, 1.82) is 0 Å². The third-order valence-electron chi connectivity index (χ3n) is 5.10. The fourth-order valence-corrected chi connectivity index (χ4v) is 3.31. The van der Waals surface area contributed by atoms with Crippen molar-refractivity contribution < 1.29 is 9.90 Å². The number of hydrogen-bond acceptors (Lipinski definition) is 2. The Morgan fingerprint density at radius 1 is 0.917 bits per heavy atom. The van der Waals surface area contributed by atoms with Crippen LogP contribution in [0.2, 0.25) is 0 Å². The number of carbonyl (C=O) groups excluding carboxylic acids is 1. The van der Waals surface area contributed by atoms with Gasteiger partial charge in [-0.05, 0) is 61.8 Å². The zero-order valence-corrected chi connectivity index (χ0v) is 15.1. The minimum Gasteiger partial charge on any atom is -0.508 e. The summed E-state index contributed by atoms with van der Waals surface area (Å²) in [6, 6.07) is 15.9. The van der Waals surface area contributed by atoms with Crippen LogP contribution in [0.5, 0.6) is 5.75 Å². The molecule has 24 heavy (non-hydrogen) atoms. The maximum atomic E-state index is 12.2. The molecule has 2 heteroatoms. The van der Waals surface area contributed by atoms with Gasteiger partial charge in [0, 0.05) is 5.92 Å². The molecule has 0 aromatic heterocycles. The van der Waals surface area contributed by atoms with E-state index in [1.54, 1.807) is 19.1 Å². The van der Waals surface area contributed by atoms with E-state index in [-0.39, 0.29) is 23.4 Å². The van der Waals surface area contributed by atoms with Crippen molar-refractivity contribution in [1.82, 2.24) is 0 Å². The summed E-state index contributed by atoms with van der Waals surface area (Å²) in [5, 5.41) is 9.44. The molecule has 0 radical (unpaired) electrons. The van der Waals surface area contributed by atoms with Crippen LogP contribution in [0.1, 0.15) is 62.1 Å². The standard InChI is InChI=1S/C22H28O2/c1-15-5-8-19(9-6-15)16(2)7-14-22(18(4)23)17(3)20-10-12-21(24)13-11-20/h5-6,8-13,16-17,22,24H,7,14H2,1-4H3/t16?,17?,22-/m1/s1. The van der Waals surface area contributed by atoms with Crippen LogP contribution in [0.15, 0.2) is 48.5 Å². The van der Waals surface area contributed by atoms with Gasteiger partial charge in [0.2, 0.25) is 0 Å². The highest BCUT2D eigenvalue weighted by Gasteiger charge is 2.24. The third kappa shape index (κ3) is 4.70. The van der Waals surface area contributed by atoms with Gasteiger partial charge in [-0.15, -0.1) is 0 Å². The van der Waals surface area contributed by atoms with Gasteiger partial charge >= 0.3 is 0 Å². The Labute approximate surface area is 145 Å². The van der Waals surface area contributed by atoms with Crippen molar-refractivity contribution in [2.45, 2.75) is 52.4 Å². The predicted octanol–water partition coefficient (Wildman–Crippen LogP) is 5.59. The van der Waals surface area contributed by atoms with Gasteiger partial charge in [-0.2, -0.15) is 0 Å². The minimum absolute atomic E-state index is 0.0161. The zero-order valence-electron chi connectivity index (χ0n) is 15.1. The van der Waals surface area contributed by atoms with Crippen LogP contribution in [0.25, 0.3) is 0 Å². The zero-order chi connectivity index (χ0) is 17.7. The molecule has 0 aliphatic carbocycles. The molecule has 0 heterocycles. The minimum atomic E-state index is 0.0161. The summed E-state index contributed by atoms with van der Waals surface area (Å²) in [6.07, 6.45) is 1.88. The first-order valence-electron chi connectivity index (χ1n) is 8.74. The van der Waals surface area contributed by atoms with Crippen molar-refractivity contribution in [2.24, 2.45) is 5.92 Å². The molecule has 2 aromatic rings. The van der Waals surface area contributed by atoms with Crippen molar-refractivity contribution in [3.63, 3.8) is 0 Å². The van der Waals surface area contributed by atoms with Crippen LogP contribution in [0, 0.1) is 12.8 Å². The molecule has 2 aromatic carbocycles. The molecule has 0 bridgehead atoms. The molecule has 0 aliphatic rings. The number of carbonyl (C=O) groups is 1. The number of aryl methyl sites for hydroxylation is 1. The Morgan fingerprint density at radius 3 is 2.00 bits per heavy atom. The van der Waals surface area contributed by atoms with Gasteiger partial charge in [0.05, 0.1) is 0 Å². The third-order valence-corrected chi connectivity index (χ3v) is 5.10. The molecule has 0 spiro atoms. The number of Topliss-reactive ketones (excluding diaryl/α,β-unsaturated/α-hetero) is 1. The lowest BCUT2D eigenvalue weighted by atomic mass is 9.80. The van der Waals surface area contributed by atoms with Crippen molar-refractivity contribution in [3.05, 3.63) is 65.2 Å². The Balaban J connectivity index is 2.04. The highest BCUT2D eigenvalue weighted by atomic mass is 16.3. The lowest BCUT2D eigenvalue weighted by molar-refractivity contribution is -0.121.